The molecule has 5 nitrogen and oxygen atoms in total. The van der Waals surface area contributed by atoms with Gasteiger partial charge in [-0.2, -0.15) is 0 Å². The van der Waals surface area contributed by atoms with E-state index < -0.39 is 0 Å². The maximum absolute atomic E-state index is 11.9. The van der Waals surface area contributed by atoms with Crippen LogP contribution in [-0.2, 0) is 14.3 Å². The van der Waals surface area contributed by atoms with E-state index in [1.807, 2.05) is 0 Å². The molecule has 100 valence electrons. The molecule has 0 atom stereocenters. The molecule has 0 unspecified atom stereocenters. The molecule has 0 saturated carbocycles. The van der Waals surface area contributed by atoms with Crippen molar-refractivity contribution in [2.45, 2.75) is 39.0 Å². The fraction of sp³-hybridized carbons (Fsp3) is 0.833. The molecule has 0 bridgehead atoms. The van der Waals surface area contributed by atoms with Gasteiger partial charge in [-0.25, -0.2) is 5.01 Å². The summed E-state index contributed by atoms with van der Waals surface area (Å²) in [6.45, 7) is 2.48. The van der Waals surface area contributed by atoms with Crippen LogP contribution in [0.5, 0.6) is 0 Å². The maximum Gasteiger partial charge on any atom is 0.307 e. The van der Waals surface area contributed by atoms with E-state index >= 15 is 0 Å². The molecule has 0 heterocycles. The van der Waals surface area contributed by atoms with Crippen molar-refractivity contribution in [3.63, 3.8) is 0 Å². The Morgan fingerprint density at radius 2 is 1.76 bits per heavy atom. The molecule has 0 spiro atoms. The number of hydrogen-bond acceptors (Lipinski definition) is 4. The average molecular weight is 244 g/mol. The quantitative estimate of drug-likeness (QED) is 0.368. The number of unbranched alkanes of at least 4 members (excludes halogenated alkanes) is 2. The van der Waals surface area contributed by atoms with Gasteiger partial charge in [0.1, 0.15) is 0 Å². The van der Waals surface area contributed by atoms with Gasteiger partial charge in [0, 0.05) is 27.1 Å². The Morgan fingerprint density at radius 3 is 2.24 bits per heavy atom. The summed E-state index contributed by atoms with van der Waals surface area (Å²) in [7, 11) is 4.95. The van der Waals surface area contributed by atoms with Crippen LogP contribution in [-0.4, -0.2) is 49.6 Å². The highest BCUT2D eigenvalue weighted by Gasteiger charge is 2.16. The molecule has 0 aliphatic heterocycles. The highest BCUT2D eigenvalue weighted by atomic mass is 16.5. The molecule has 0 aromatic heterocycles. The highest BCUT2D eigenvalue weighted by molar-refractivity contribution is 5.76. The smallest absolute Gasteiger partial charge is 0.307 e. The first-order chi connectivity index (χ1) is 8.02. The second-order valence-electron chi connectivity index (χ2n) is 4.15. The van der Waals surface area contributed by atoms with Crippen LogP contribution in [0.15, 0.2) is 0 Å². The van der Waals surface area contributed by atoms with Crippen LogP contribution in [0.3, 0.4) is 0 Å². The Hall–Kier alpha value is -1.10. The van der Waals surface area contributed by atoms with Crippen molar-refractivity contribution in [3.8, 4) is 0 Å². The predicted molar refractivity (Wildman–Crippen MR) is 66.2 cm³/mol. The first-order valence-electron chi connectivity index (χ1n) is 6.07. The maximum atomic E-state index is 11.9. The Kier molecular flexibility index (Phi) is 8.40. The Morgan fingerprint density at radius 1 is 1.12 bits per heavy atom. The third kappa shape index (κ3) is 6.94. The third-order valence-corrected chi connectivity index (χ3v) is 2.52. The fourth-order valence-electron chi connectivity index (χ4n) is 1.50. The van der Waals surface area contributed by atoms with Gasteiger partial charge >= 0.3 is 5.97 Å². The Bertz CT molecular complexity index is 242. The second kappa shape index (κ2) is 8.98. The molecule has 0 aromatic carbocycles. The third-order valence-electron chi connectivity index (χ3n) is 2.52. The molecular weight excluding hydrogens is 220 g/mol. The number of carbonyl (C=O) groups is 2. The summed E-state index contributed by atoms with van der Waals surface area (Å²) in [6, 6.07) is 0. The van der Waals surface area contributed by atoms with E-state index in [1.165, 1.54) is 7.11 Å². The minimum absolute atomic E-state index is 0.0624. The number of methoxy groups -OCH3 is 1. The van der Waals surface area contributed by atoms with Crippen LogP contribution in [0, 0.1) is 0 Å². The Labute approximate surface area is 104 Å². The van der Waals surface area contributed by atoms with Gasteiger partial charge in [-0.1, -0.05) is 19.8 Å². The van der Waals surface area contributed by atoms with Gasteiger partial charge in [0.15, 0.2) is 0 Å². The fourth-order valence-corrected chi connectivity index (χ4v) is 1.50. The number of hydrazine groups is 1. The van der Waals surface area contributed by atoms with E-state index in [0.717, 1.165) is 19.3 Å². The summed E-state index contributed by atoms with van der Waals surface area (Å²) in [5, 5.41) is 3.31. The van der Waals surface area contributed by atoms with Crippen molar-refractivity contribution in [1.29, 1.82) is 0 Å². The lowest BCUT2D eigenvalue weighted by atomic mass is 10.2. The van der Waals surface area contributed by atoms with Crippen molar-refractivity contribution in [2.75, 3.05) is 27.7 Å². The van der Waals surface area contributed by atoms with Crippen molar-refractivity contribution >= 4 is 11.9 Å². The van der Waals surface area contributed by atoms with Gasteiger partial charge in [-0.15, -0.1) is 0 Å². The van der Waals surface area contributed by atoms with E-state index in [0.29, 0.717) is 13.0 Å². The van der Waals surface area contributed by atoms with Crippen molar-refractivity contribution in [3.05, 3.63) is 0 Å². The number of amides is 1. The first kappa shape index (κ1) is 15.9. The van der Waals surface area contributed by atoms with Crippen LogP contribution in [0.25, 0.3) is 0 Å². The van der Waals surface area contributed by atoms with Crippen molar-refractivity contribution < 1.29 is 14.3 Å². The van der Waals surface area contributed by atoms with Crippen molar-refractivity contribution in [2.24, 2.45) is 0 Å². The number of rotatable bonds is 8. The largest absolute Gasteiger partial charge is 0.469 e. The number of carbonyl (C=O) groups excluding carboxylic acids is 2. The standard InChI is InChI=1S/C12H24N2O3/c1-5-6-7-8-11(15)14(13(2)3)10-9-12(16)17-4/h5-10H2,1-4H3. The van der Waals surface area contributed by atoms with Crippen LogP contribution in [0.1, 0.15) is 39.0 Å². The minimum atomic E-state index is -0.293. The highest BCUT2D eigenvalue weighted by Crippen LogP contribution is 2.05. The SMILES string of the molecule is CCCCCC(=O)N(CCC(=O)OC)N(C)C. The zero-order valence-electron chi connectivity index (χ0n) is 11.4. The topological polar surface area (TPSA) is 49.9 Å². The second-order valence-corrected chi connectivity index (χ2v) is 4.15. The van der Waals surface area contributed by atoms with E-state index in [2.05, 4.69) is 11.7 Å². The molecule has 0 aliphatic carbocycles. The van der Waals surface area contributed by atoms with Crippen LogP contribution in [0.4, 0.5) is 0 Å². The molecule has 0 radical (unpaired) electrons. The van der Waals surface area contributed by atoms with Crippen LogP contribution >= 0.6 is 0 Å². The zero-order chi connectivity index (χ0) is 13.3. The van der Waals surface area contributed by atoms with Gasteiger partial charge in [-0.3, -0.25) is 14.6 Å². The lowest BCUT2D eigenvalue weighted by molar-refractivity contribution is -0.148. The molecule has 5 heteroatoms. The van der Waals surface area contributed by atoms with Gasteiger partial charge in [0.2, 0.25) is 5.91 Å². The lowest BCUT2D eigenvalue weighted by Crippen LogP contribution is -2.43. The summed E-state index contributed by atoms with van der Waals surface area (Å²) in [5.74, 6) is -0.231. The monoisotopic (exact) mass is 244 g/mol. The van der Waals surface area contributed by atoms with Gasteiger partial charge in [0.25, 0.3) is 0 Å². The molecule has 0 aromatic rings. The average Bonchev–Trinajstić information content (AvgIpc) is 2.28. The van der Waals surface area contributed by atoms with Gasteiger partial charge < -0.3 is 4.74 Å². The molecule has 1 amide bonds. The summed E-state index contributed by atoms with van der Waals surface area (Å²) < 4.78 is 4.56. The van der Waals surface area contributed by atoms with E-state index in [4.69, 9.17) is 0 Å². The summed E-state index contributed by atoms with van der Waals surface area (Å²) in [6.07, 6.45) is 3.82. The normalized spacial score (nSPS) is 10.4. The van der Waals surface area contributed by atoms with Crippen LogP contribution in [0.2, 0.25) is 0 Å². The van der Waals surface area contributed by atoms with Crippen molar-refractivity contribution in [1.82, 2.24) is 10.0 Å². The molecule has 0 fully saturated rings. The van der Waals surface area contributed by atoms with E-state index in [9.17, 15) is 9.59 Å². The number of ether oxygens (including phenoxy) is 1. The summed E-state index contributed by atoms with van der Waals surface area (Å²) in [4.78, 5) is 22.9. The predicted octanol–water partition coefficient (Wildman–Crippen LogP) is 1.44. The minimum Gasteiger partial charge on any atom is -0.469 e. The molecule has 0 rings (SSSR count). The first-order valence-corrected chi connectivity index (χ1v) is 6.07. The van der Waals surface area contributed by atoms with Gasteiger partial charge in [-0.05, 0) is 6.42 Å². The molecular formula is C12H24N2O3. The zero-order valence-corrected chi connectivity index (χ0v) is 11.4. The van der Waals surface area contributed by atoms with Gasteiger partial charge in [0.05, 0.1) is 13.5 Å². The van der Waals surface area contributed by atoms with E-state index in [-0.39, 0.29) is 18.3 Å². The molecule has 0 N–H and O–H groups in total. The molecule has 0 aliphatic rings. The number of nitrogens with zero attached hydrogens (tertiary/aromatic N) is 2. The summed E-state index contributed by atoms with van der Waals surface area (Å²) in [5.41, 5.74) is 0. The lowest BCUT2D eigenvalue weighted by Gasteiger charge is -2.28. The number of hydrogen-bond donors (Lipinski definition) is 0. The number of esters is 1. The molecule has 0 saturated heterocycles. The van der Waals surface area contributed by atoms with E-state index in [1.54, 1.807) is 24.1 Å². The molecule has 17 heavy (non-hydrogen) atoms. The Balaban J connectivity index is 4.12. The van der Waals surface area contributed by atoms with Crippen LogP contribution < -0.4 is 0 Å². The summed E-state index contributed by atoms with van der Waals surface area (Å²) >= 11 is 0.